The summed E-state index contributed by atoms with van der Waals surface area (Å²) >= 11 is 0. The number of aliphatic hydroxyl groups excluding tert-OH is 1. The van der Waals surface area contributed by atoms with Gasteiger partial charge in [0.05, 0.1) is 5.69 Å². The van der Waals surface area contributed by atoms with Crippen molar-refractivity contribution in [1.29, 1.82) is 0 Å². The lowest BCUT2D eigenvalue weighted by Crippen LogP contribution is -2.16. The highest BCUT2D eigenvalue weighted by molar-refractivity contribution is 6.09. The molecule has 108 valence electrons. The Kier molecular flexibility index (Phi) is 4.85. The van der Waals surface area contributed by atoms with E-state index in [1.165, 1.54) is 0 Å². The van der Waals surface area contributed by atoms with Crippen molar-refractivity contribution in [3.8, 4) is 0 Å². The molecule has 4 nitrogen and oxygen atoms in total. The number of carbonyl (C=O) groups excluding carboxylic acids is 2. The van der Waals surface area contributed by atoms with Gasteiger partial charge in [-0.2, -0.15) is 0 Å². The third-order valence-corrected chi connectivity index (χ3v) is 3.24. The minimum atomic E-state index is -0.585. The lowest BCUT2D eigenvalue weighted by atomic mass is 10.1. The Morgan fingerprint density at radius 2 is 1.71 bits per heavy atom. The first-order valence-corrected chi connectivity index (χ1v) is 6.79. The van der Waals surface area contributed by atoms with Gasteiger partial charge in [0.25, 0.3) is 5.91 Å². The Balaban J connectivity index is 2.21. The van der Waals surface area contributed by atoms with Gasteiger partial charge in [0.15, 0.2) is 5.78 Å². The number of amides is 1. The molecule has 4 heteroatoms. The van der Waals surface area contributed by atoms with Crippen molar-refractivity contribution < 1.29 is 14.7 Å². The monoisotopic (exact) mass is 283 g/mol. The zero-order valence-electron chi connectivity index (χ0n) is 11.8. The average molecular weight is 283 g/mol. The highest BCUT2D eigenvalue weighted by atomic mass is 16.3. The van der Waals surface area contributed by atoms with E-state index in [1.54, 1.807) is 36.4 Å². The van der Waals surface area contributed by atoms with Gasteiger partial charge in [-0.1, -0.05) is 31.2 Å². The summed E-state index contributed by atoms with van der Waals surface area (Å²) in [4.78, 5) is 23.8. The molecule has 0 atom stereocenters. The van der Waals surface area contributed by atoms with Crippen LogP contribution in [0.3, 0.4) is 0 Å². The number of benzene rings is 2. The van der Waals surface area contributed by atoms with Crippen LogP contribution in [0.1, 0.15) is 33.2 Å². The summed E-state index contributed by atoms with van der Waals surface area (Å²) in [5, 5.41) is 11.7. The number of nitrogens with one attached hydrogen (secondary N) is 1. The number of rotatable bonds is 5. The van der Waals surface area contributed by atoms with Gasteiger partial charge in [0.1, 0.15) is 6.61 Å². The number of para-hydroxylation sites is 1. The third-order valence-electron chi connectivity index (χ3n) is 3.24. The summed E-state index contributed by atoms with van der Waals surface area (Å²) in [7, 11) is 0. The summed E-state index contributed by atoms with van der Waals surface area (Å²) in [5.74, 6) is -0.705. The Bertz CT molecular complexity index is 647. The smallest absolute Gasteiger partial charge is 0.255 e. The number of hydrogen-bond donors (Lipinski definition) is 2. The molecule has 2 aromatic rings. The van der Waals surface area contributed by atoms with Crippen LogP contribution in [0.15, 0.2) is 48.5 Å². The second kappa shape index (κ2) is 6.81. The van der Waals surface area contributed by atoms with E-state index in [0.717, 1.165) is 12.0 Å². The van der Waals surface area contributed by atoms with Crippen LogP contribution >= 0.6 is 0 Å². The second-order valence-corrected chi connectivity index (χ2v) is 4.63. The first-order valence-electron chi connectivity index (χ1n) is 6.79. The van der Waals surface area contributed by atoms with Crippen molar-refractivity contribution in [2.24, 2.45) is 0 Å². The Morgan fingerprint density at radius 3 is 2.33 bits per heavy atom. The van der Waals surface area contributed by atoms with E-state index in [0.29, 0.717) is 16.8 Å². The van der Waals surface area contributed by atoms with Crippen molar-refractivity contribution in [1.82, 2.24) is 0 Å². The van der Waals surface area contributed by atoms with Crippen LogP contribution in [-0.2, 0) is 6.42 Å². The largest absolute Gasteiger partial charge is 0.388 e. The highest BCUT2D eigenvalue weighted by Gasteiger charge is 2.13. The molecule has 0 aliphatic carbocycles. The summed E-state index contributed by atoms with van der Waals surface area (Å²) < 4.78 is 0. The van der Waals surface area contributed by atoms with E-state index >= 15 is 0 Å². The Hall–Kier alpha value is -2.46. The molecular weight excluding hydrogens is 266 g/mol. The normalized spacial score (nSPS) is 10.2. The second-order valence-electron chi connectivity index (χ2n) is 4.63. The molecule has 0 spiro atoms. The molecule has 0 saturated carbocycles. The van der Waals surface area contributed by atoms with Crippen LogP contribution in [0.4, 0.5) is 5.69 Å². The van der Waals surface area contributed by atoms with Gasteiger partial charge in [-0.25, -0.2) is 0 Å². The molecule has 0 heterocycles. The van der Waals surface area contributed by atoms with Crippen molar-refractivity contribution in [3.63, 3.8) is 0 Å². The van der Waals surface area contributed by atoms with Gasteiger partial charge in [0.2, 0.25) is 0 Å². The maximum atomic E-state index is 12.2. The first-order chi connectivity index (χ1) is 10.2. The third kappa shape index (κ3) is 3.55. The van der Waals surface area contributed by atoms with E-state index in [2.05, 4.69) is 5.32 Å². The minimum Gasteiger partial charge on any atom is -0.388 e. The molecule has 0 unspecified atom stereocenters. The lowest BCUT2D eigenvalue weighted by Gasteiger charge is -2.09. The molecule has 21 heavy (non-hydrogen) atoms. The van der Waals surface area contributed by atoms with E-state index in [9.17, 15) is 9.59 Å². The molecular formula is C17H17NO3. The number of hydrogen-bond acceptors (Lipinski definition) is 3. The number of aryl methyl sites for hydroxylation is 1. The van der Waals surface area contributed by atoms with E-state index in [4.69, 9.17) is 5.11 Å². The average Bonchev–Trinajstić information content (AvgIpc) is 2.54. The molecule has 2 rings (SSSR count). The maximum Gasteiger partial charge on any atom is 0.255 e. The fourth-order valence-corrected chi connectivity index (χ4v) is 2.01. The van der Waals surface area contributed by atoms with E-state index in [-0.39, 0.29) is 5.91 Å². The highest BCUT2D eigenvalue weighted by Crippen LogP contribution is 2.17. The molecule has 0 bridgehead atoms. The molecule has 0 radical (unpaired) electrons. The fraction of sp³-hybridized carbons (Fsp3) is 0.176. The van der Waals surface area contributed by atoms with E-state index < -0.39 is 12.4 Å². The molecule has 0 fully saturated rings. The van der Waals surface area contributed by atoms with Gasteiger partial charge in [0, 0.05) is 11.1 Å². The number of anilines is 1. The predicted molar refractivity (Wildman–Crippen MR) is 81.6 cm³/mol. The van der Waals surface area contributed by atoms with Crippen LogP contribution in [0.25, 0.3) is 0 Å². The summed E-state index contributed by atoms with van der Waals surface area (Å²) in [6, 6.07) is 13.9. The fourth-order valence-electron chi connectivity index (χ4n) is 2.01. The number of aliphatic hydroxyl groups is 1. The van der Waals surface area contributed by atoms with Gasteiger partial charge >= 0.3 is 0 Å². The number of carbonyl (C=O) groups is 2. The minimum absolute atomic E-state index is 0.282. The van der Waals surface area contributed by atoms with Gasteiger partial charge in [-0.3, -0.25) is 9.59 Å². The summed E-state index contributed by atoms with van der Waals surface area (Å²) in [5.41, 5.74) is 2.39. The van der Waals surface area contributed by atoms with Crippen molar-refractivity contribution >= 4 is 17.4 Å². The topological polar surface area (TPSA) is 66.4 Å². The van der Waals surface area contributed by atoms with Gasteiger partial charge in [-0.05, 0) is 36.2 Å². The summed E-state index contributed by atoms with van der Waals surface area (Å²) in [6.07, 6.45) is 0.912. The van der Waals surface area contributed by atoms with Crippen LogP contribution in [0.5, 0.6) is 0 Å². The van der Waals surface area contributed by atoms with Crippen LogP contribution in [-0.4, -0.2) is 23.4 Å². The SMILES string of the molecule is CCc1ccc(C(=O)Nc2ccccc2C(=O)CO)cc1. The standard InChI is InChI=1S/C17H17NO3/c1-2-12-7-9-13(10-8-12)17(21)18-15-6-4-3-5-14(15)16(20)11-19/h3-10,19H,2,11H2,1H3,(H,18,21). The van der Waals surface area contributed by atoms with Crippen LogP contribution in [0, 0.1) is 0 Å². The molecule has 2 N–H and O–H groups in total. The van der Waals surface area contributed by atoms with Gasteiger partial charge < -0.3 is 10.4 Å². The number of Topliss-reactive ketones (excluding diaryl/α,β-unsaturated/α-hetero) is 1. The van der Waals surface area contributed by atoms with Gasteiger partial charge in [-0.15, -0.1) is 0 Å². The van der Waals surface area contributed by atoms with E-state index in [1.807, 2.05) is 19.1 Å². The summed E-state index contributed by atoms with van der Waals surface area (Å²) in [6.45, 7) is 1.46. The molecule has 1 amide bonds. The molecule has 0 aliphatic rings. The predicted octanol–water partition coefficient (Wildman–Crippen LogP) is 2.68. The van der Waals surface area contributed by atoms with Crippen LogP contribution in [0.2, 0.25) is 0 Å². The zero-order valence-corrected chi connectivity index (χ0v) is 11.8. The molecule has 0 aliphatic heterocycles. The van der Waals surface area contributed by atoms with Crippen LogP contribution < -0.4 is 5.32 Å². The lowest BCUT2D eigenvalue weighted by molar-refractivity contribution is 0.0904. The molecule has 2 aromatic carbocycles. The maximum absolute atomic E-state index is 12.2. The van der Waals surface area contributed by atoms with Crippen molar-refractivity contribution in [3.05, 3.63) is 65.2 Å². The molecule has 0 saturated heterocycles. The Morgan fingerprint density at radius 1 is 1.05 bits per heavy atom. The number of ketones is 1. The Labute approximate surface area is 123 Å². The zero-order chi connectivity index (χ0) is 15.2. The van der Waals surface area contributed by atoms with Crippen molar-refractivity contribution in [2.45, 2.75) is 13.3 Å². The van der Waals surface area contributed by atoms with Crippen molar-refractivity contribution in [2.75, 3.05) is 11.9 Å². The first kappa shape index (κ1) is 14.9. The quantitative estimate of drug-likeness (QED) is 0.829. The molecule has 0 aromatic heterocycles.